The molecule has 0 aromatic heterocycles. The normalized spacial score (nSPS) is 21.1. The van der Waals surface area contributed by atoms with E-state index in [0.29, 0.717) is 12.8 Å². The molecule has 320 valence electrons. The van der Waals surface area contributed by atoms with Crippen LogP contribution in [-0.2, 0) is 28.5 Å². The molecule has 1 aliphatic rings. The number of allylic oxidation sites excluding steroid dienone is 12. The van der Waals surface area contributed by atoms with E-state index in [4.69, 9.17) is 18.9 Å². The number of carbonyl (C=O) groups excluding carboxylic acids is 2. The van der Waals surface area contributed by atoms with Crippen LogP contribution in [0.15, 0.2) is 72.9 Å². The molecule has 0 aliphatic carbocycles. The predicted molar refractivity (Wildman–Crippen MR) is 224 cm³/mol. The molecule has 10 nitrogen and oxygen atoms in total. The van der Waals surface area contributed by atoms with E-state index in [1.165, 1.54) is 57.8 Å². The Bertz CT molecular complexity index is 1140. The van der Waals surface area contributed by atoms with Gasteiger partial charge in [0.25, 0.3) is 0 Å². The van der Waals surface area contributed by atoms with Crippen molar-refractivity contribution >= 4 is 11.9 Å². The molecule has 6 atom stereocenters. The fourth-order valence-electron chi connectivity index (χ4n) is 5.96. The third-order valence-electron chi connectivity index (χ3n) is 9.42. The smallest absolute Gasteiger partial charge is 0.306 e. The van der Waals surface area contributed by atoms with Gasteiger partial charge in [0.05, 0.1) is 13.2 Å². The summed E-state index contributed by atoms with van der Waals surface area (Å²) in [5, 5.41) is 40.0. The number of esters is 2. The third kappa shape index (κ3) is 27.7. The van der Waals surface area contributed by atoms with Crippen LogP contribution in [0.25, 0.3) is 0 Å². The molecule has 1 fully saturated rings. The molecule has 0 bridgehead atoms. The van der Waals surface area contributed by atoms with Crippen LogP contribution in [0.5, 0.6) is 0 Å². The second kappa shape index (κ2) is 36.5. The van der Waals surface area contributed by atoms with Crippen molar-refractivity contribution in [2.45, 2.75) is 185 Å². The van der Waals surface area contributed by atoms with E-state index in [2.05, 4.69) is 56.4 Å². The van der Waals surface area contributed by atoms with Gasteiger partial charge in [-0.15, -0.1) is 0 Å². The van der Waals surface area contributed by atoms with Gasteiger partial charge in [-0.2, -0.15) is 0 Å². The van der Waals surface area contributed by atoms with Crippen LogP contribution in [0.4, 0.5) is 0 Å². The van der Waals surface area contributed by atoms with Gasteiger partial charge < -0.3 is 39.4 Å². The summed E-state index contributed by atoms with van der Waals surface area (Å²) in [6.07, 6.45) is 37.7. The zero-order valence-electron chi connectivity index (χ0n) is 34.6. The Morgan fingerprint density at radius 1 is 0.571 bits per heavy atom. The predicted octanol–water partition coefficient (Wildman–Crippen LogP) is 8.83. The Balaban J connectivity index is 2.41. The molecule has 1 aliphatic heterocycles. The molecular formula is C46H76O10. The highest BCUT2D eigenvalue weighted by molar-refractivity contribution is 5.70. The average molecular weight is 789 g/mol. The maximum absolute atomic E-state index is 12.7. The van der Waals surface area contributed by atoms with Gasteiger partial charge in [-0.1, -0.05) is 151 Å². The highest BCUT2D eigenvalue weighted by Crippen LogP contribution is 2.22. The fraction of sp³-hybridized carbons (Fsp3) is 0.696. The highest BCUT2D eigenvalue weighted by Gasteiger charge is 2.44. The van der Waals surface area contributed by atoms with E-state index in [1.807, 2.05) is 30.4 Å². The van der Waals surface area contributed by atoms with Crippen molar-refractivity contribution in [3.8, 4) is 0 Å². The van der Waals surface area contributed by atoms with Crippen LogP contribution in [0.3, 0.4) is 0 Å². The summed E-state index contributed by atoms with van der Waals surface area (Å²) in [5.74, 6) is -0.919. The number of hydrogen-bond donors (Lipinski definition) is 4. The van der Waals surface area contributed by atoms with Crippen LogP contribution in [-0.4, -0.2) is 89.0 Å². The van der Waals surface area contributed by atoms with Crippen LogP contribution in [0, 0.1) is 0 Å². The molecule has 0 aromatic rings. The summed E-state index contributed by atoms with van der Waals surface area (Å²) in [6.45, 7) is 3.27. The first kappa shape index (κ1) is 51.2. The molecule has 1 rings (SSSR count). The number of carbonyl (C=O) groups is 2. The molecule has 1 saturated heterocycles. The SMILES string of the molecule is CCCCC/C=C/C=C/C=C/C=C/CCCCCCCC(=O)OCC(CO[C@H]1O[C@@H](CO)[C@@H](O)C(O)C1O)OC(=O)CC/C=C/C/C=C/CCCCCCCC. The van der Waals surface area contributed by atoms with Crippen LogP contribution < -0.4 is 0 Å². The molecule has 10 heteroatoms. The van der Waals surface area contributed by atoms with Crippen molar-refractivity contribution in [3.05, 3.63) is 72.9 Å². The number of hydrogen-bond acceptors (Lipinski definition) is 10. The Kier molecular flexibility index (Phi) is 33.3. The van der Waals surface area contributed by atoms with E-state index in [9.17, 15) is 30.0 Å². The first-order chi connectivity index (χ1) is 27.3. The van der Waals surface area contributed by atoms with E-state index in [-0.39, 0.29) is 26.1 Å². The summed E-state index contributed by atoms with van der Waals surface area (Å²) in [5.41, 5.74) is 0. The minimum atomic E-state index is -1.61. The van der Waals surface area contributed by atoms with Crippen molar-refractivity contribution in [1.82, 2.24) is 0 Å². The molecule has 0 amide bonds. The summed E-state index contributed by atoms with van der Waals surface area (Å²) < 4.78 is 22.0. The lowest BCUT2D eigenvalue weighted by atomic mass is 9.99. The molecule has 3 unspecified atom stereocenters. The van der Waals surface area contributed by atoms with Gasteiger partial charge in [0, 0.05) is 12.8 Å². The Morgan fingerprint density at radius 3 is 1.75 bits per heavy atom. The van der Waals surface area contributed by atoms with Crippen LogP contribution >= 0.6 is 0 Å². The molecule has 1 heterocycles. The van der Waals surface area contributed by atoms with E-state index in [1.54, 1.807) is 0 Å². The van der Waals surface area contributed by atoms with Crippen molar-refractivity contribution in [2.24, 2.45) is 0 Å². The first-order valence-corrected chi connectivity index (χ1v) is 21.6. The summed E-state index contributed by atoms with van der Waals surface area (Å²) in [7, 11) is 0. The van der Waals surface area contributed by atoms with Gasteiger partial charge in [0.15, 0.2) is 12.4 Å². The maximum Gasteiger partial charge on any atom is 0.306 e. The summed E-state index contributed by atoms with van der Waals surface area (Å²) in [4.78, 5) is 25.2. The van der Waals surface area contributed by atoms with Gasteiger partial charge >= 0.3 is 11.9 Å². The van der Waals surface area contributed by atoms with Crippen molar-refractivity contribution in [3.63, 3.8) is 0 Å². The minimum absolute atomic E-state index is 0.115. The number of aliphatic hydroxyl groups excluding tert-OH is 4. The second-order valence-corrected chi connectivity index (χ2v) is 14.5. The van der Waals surface area contributed by atoms with Gasteiger partial charge in [0.2, 0.25) is 0 Å². The van der Waals surface area contributed by atoms with E-state index in [0.717, 1.165) is 51.4 Å². The lowest BCUT2D eigenvalue weighted by Gasteiger charge is -2.39. The van der Waals surface area contributed by atoms with E-state index >= 15 is 0 Å². The zero-order valence-corrected chi connectivity index (χ0v) is 34.6. The monoisotopic (exact) mass is 789 g/mol. The van der Waals surface area contributed by atoms with Gasteiger partial charge in [-0.25, -0.2) is 0 Å². The lowest BCUT2D eigenvalue weighted by Crippen LogP contribution is -2.59. The first-order valence-electron chi connectivity index (χ1n) is 21.6. The quantitative estimate of drug-likeness (QED) is 0.0216. The van der Waals surface area contributed by atoms with Crippen LogP contribution in [0.2, 0.25) is 0 Å². The summed E-state index contributed by atoms with van der Waals surface area (Å²) in [6, 6.07) is 0. The highest BCUT2D eigenvalue weighted by atomic mass is 16.7. The average Bonchev–Trinajstić information content (AvgIpc) is 3.19. The van der Waals surface area contributed by atoms with Crippen molar-refractivity contribution in [2.75, 3.05) is 19.8 Å². The number of aliphatic hydroxyl groups is 4. The Hall–Kier alpha value is -2.86. The van der Waals surface area contributed by atoms with E-state index < -0.39 is 55.4 Å². The zero-order chi connectivity index (χ0) is 40.9. The number of ether oxygens (including phenoxy) is 4. The molecule has 0 radical (unpaired) electrons. The molecule has 0 saturated carbocycles. The van der Waals surface area contributed by atoms with Gasteiger partial charge in [0.1, 0.15) is 31.0 Å². The molecule has 4 N–H and O–H groups in total. The van der Waals surface area contributed by atoms with Crippen LogP contribution in [0.1, 0.15) is 149 Å². The third-order valence-corrected chi connectivity index (χ3v) is 9.42. The van der Waals surface area contributed by atoms with Gasteiger partial charge in [-0.3, -0.25) is 9.59 Å². The van der Waals surface area contributed by atoms with Crippen molar-refractivity contribution in [1.29, 1.82) is 0 Å². The summed E-state index contributed by atoms with van der Waals surface area (Å²) >= 11 is 0. The Morgan fingerprint density at radius 2 is 1.11 bits per heavy atom. The number of unbranched alkanes of at least 4 members (excludes halogenated alkanes) is 14. The molecule has 0 spiro atoms. The standard InChI is InChI=1S/C46H76O10/c1-3-5-7-9-11-13-15-17-18-19-20-21-23-24-26-28-30-32-34-41(48)53-37-39(38-54-46-45(52)44(51)43(50)40(36-47)56-46)55-42(49)35-33-31-29-27-25-22-16-14-12-10-8-6-4-2/h11,13,15,17-22,25,29,31,39-40,43-47,50-52H,3-10,12,14,16,23-24,26-28,30,32-38H2,1-2H3/b13-11+,17-15+,19-18+,21-20+,25-22+,31-29+/t39?,40-,43+,44?,45?,46-/m0/s1. The van der Waals surface area contributed by atoms with Crippen molar-refractivity contribution < 1.29 is 49.0 Å². The second-order valence-electron chi connectivity index (χ2n) is 14.5. The molecular weight excluding hydrogens is 712 g/mol. The largest absolute Gasteiger partial charge is 0.462 e. The topological polar surface area (TPSA) is 152 Å². The molecule has 0 aromatic carbocycles. The lowest BCUT2D eigenvalue weighted by molar-refractivity contribution is -0.305. The molecule has 56 heavy (non-hydrogen) atoms. The van der Waals surface area contributed by atoms with Gasteiger partial charge in [-0.05, 0) is 57.8 Å². The fourth-order valence-corrected chi connectivity index (χ4v) is 5.96. The number of rotatable bonds is 34. The maximum atomic E-state index is 12.7. The minimum Gasteiger partial charge on any atom is -0.462 e. The Labute approximate surface area is 338 Å².